The van der Waals surface area contributed by atoms with E-state index in [9.17, 15) is 8.42 Å². The maximum Gasteiger partial charge on any atom is 0.240 e. The van der Waals surface area contributed by atoms with Crippen molar-refractivity contribution < 1.29 is 8.42 Å². The minimum atomic E-state index is -3.35. The van der Waals surface area contributed by atoms with Gasteiger partial charge in [0, 0.05) is 6.54 Å². The number of rotatable bonds is 7. The van der Waals surface area contributed by atoms with E-state index < -0.39 is 10.0 Å². The fourth-order valence-corrected chi connectivity index (χ4v) is 2.61. The molecule has 1 rings (SSSR count). The van der Waals surface area contributed by atoms with Crippen molar-refractivity contribution in [2.24, 2.45) is 5.92 Å². The molecule has 0 aliphatic rings. The second-order valence-corrected chi connectivity index (χ2v) is 5.93. The van der Waals surface area contributed by atoms with Gasteiger partial charge in [-0.15, -0.1) is 0 Å². The van der Waals surface area contributed by atoms with Gasteiger partial charge in [0.25, 0.3) is 0 Å². The highest BCUT2D eigenvalue weighted by molar-refractivity contribution is 7.89. The summed E-state index contributed by atoms with van der Waals surface area (Å²) in [4.78, 5) is 0.320. The van der Waals surface area contributed by atoms with Crippen LogP contribution >= 0.6 is 0 Å². The first-order valence-electron chi connectivity index (χ1n) is 5.75. The third-order valence-electron chi connectivity index (χ3n) is 2.56. The van der Waals surface area contributed by atoms with E-state index in [4.69, 9.17) is 0 Å². The summed E-state index contributed by atoms with van der Waals surface area (Å²) < 4.78 is 26.4. The van der Waals surface area contributed by atoms with Crippen molar-refractivity contribution in [2.75, 3.05) is 20.1 Å². The molecule has 0 aliphatic carbocycles. The molecular weight excluding hydrogens is 236 g/mol. The zero-order valence-electron chi connectivity index (χ0n) is 10.3. The van der Waals surface area contributed by atoms with Crippen molar-refractivity contribution in [3.63, 3.8) is 0 Å². The van der Waals surface area contributed by atoms with E-state index in [1.807, 2.05) is 14.0 Å². The lowest BCUT2D eigenvalue weighted by Gasteiger charge is -2.12. The molecule has 1 unspecified atom stereocenters. The molecule has 0 aromatic heterocycles. The molecule has 0 saturated heterocycles. The summed E-state index contributed by atoms with van der Waals surface area (Å²) in [7, 11) is -1.46. The molecule has 1 atom stereocenters. The zero-order chi connectivity index (χ0) is 12.7. The van der Waals surface area contributed by atoms with Crippen LogP contribution in [0, 0.1) is 5.92 Å². The van der Waals surface area contributed by atoms with Crippen molar-refractivity contribution in [1.82, 2.24) is 10.0 Å². The highest BCUT2D eigenvalue weighted by Gasteiger charge is 2.13. The van der Waals surface area contributed by atoms with E-state index >= 15 is 0 Å². The van der Waals surface area contributed by atoms with Gasteiger partial charge < -0.3 is 5.32 Å². The van der Waals surface area contributed by atoms with E-state index in [-0.39, 0.29) is 0 Å². The smallest absolute Gasteiger partial charge is 0.240 e. The summed E-state index contributed by atoms with van der Waals surface area (Å²) in [5.74, 6) is 0.320. The van der Waals surface area contributed by atoms with Gasteiger partial charge in [-0.1, -0.05) is 25.1 Å². The van der Waals surface area contributed by atoms with Crippen LogP contribution in [0.4, 0.5) is 0 Å². The third-order valence-corrected chi connectivity index (χ3v) is 4.00. The Morgan fingerprint density at radius 1 is 1.24 bits per heavy atom. The number of sulfonamides is 1. The van der Waals surface area contributed by atoms with E-state index in [2.05, 4.69) is 10.0 Å². The summed E-state index contributed by atoms with van der Waals surface area (Å²) >= 11 is 0. The van der Waals surface area contributed by atoms with E-state index in [1.54, 1.807) is 30.3 Å². The van der Waals surface area contributed by atoms with Crippen LogP contribution in [0.2, 0.25) is 0 Å². The molecule has 2 N–H and O–H groups in total. The van der Waals surface area contributed by atoms with Crippen LogP contribution in [-0.4, -0.2) is 28.6 Å². The van der Waals surface area contributed by atoms with Crippen LogP contribution in [0.1, 0.15) is 13.3 Å². The topological polar surface area (TPSA) is 58.2 Å². The molecule has 5 heteroatoms. The highest BCUT2D eigenvalue weighted by Crippen LogP contribution is 2.08. The van der Waals surface area contributed by atoms with Gasteiger partial charge in [0.05, 0.1) is 4.90 Å². The minimum absolute atomic E-state index is 0.320. The van der Waals surface area contributed by atoms with Crippen LogP contribution in [0.15, 0.2) is 35.2 Å². The lowest BCUT2D eigenvalue weighted by molar-refractivity contribution is 0.499. The van der Waals surface area contributed by atoms with Gasteiger partial charge in [0.1, 0.15) is 0 Å². The standard InChI is InChI=1S/C12H20N2O2S/c1-11(8-9-13-2)10-14-17(15,16)12-6-4-3-5-7-12/h3-7,11,13-14H,8-10H2,1-2H3. The van der Waals surface area contributed by atoms with Crippen LogP contribution in [0.25, 0.3) is 0 Å². The molecule has 0 radical (unpaired) electrons. The SMILES string of the molecule is CNCCC(C)CNS(=O)(=O)c1ccccc1. The van der Waals surface area contributed by atoms with Gasteiger partial charge in [0.15, 0.2) is 0 Å². The molecule has 96 valence electrons. The lowest BCUT2D eigenvalue weighted by atomic mass is 10.1. The molecular formula is C12H20N2O2S. The second kappa shape index (κ2) is 6.74. The van der Waals surface area contributed by atoms with Crippen LogP contribution < -0.4 is 10.0 Å². The Balaban J connectivity index is 2.51. The maximum atomic E-state index is 11.9. The Hall–Kier alpha value is -0.910. The van der Waals surface area contributed by atoms with Gasteiger partial charge in [-0.2, -0.15) is 0 Å². The summed E-state index contributed by atoms with van der Waals surface area (Å²) in [6.45, 7) is 3.40. The van der Waals surface area contributed by atoms with Crippen molar-refractivity contribution >= 4 is 10.0 Å². The number of benzene rings is 1. The van der Waals surface area contributed by atoms with E-state index in [1.165, 1.54) is 0 Å². The molecule has 1 aromatic rings. The monoisotopic (exact) mass is 256 g/mol. The van der Waals surface area contributed by atoms with E-state index in [0.29, 0.717) is 17.4 Å². The Morgan fingerprint density at radius 2 is 1.88 bits per heavy atom. The number of hydrogen-bond acceptors (Lipinski definition) is 3. The molecule has 0 bridgehead atoms. The fraction of sp³-hybridized carbons (Fsp3) is 0.500. The molecule has 0 heterocycles. The Kier molecular flexibility index (Phi) is 5.61. The Bertz CT molecular complexity index is 417. The molecule has 0 aliphatic heterocycles. The van der Waals surface area contributed by atoms with Crippen molar-refractivity contribution in [2.45, 2.75) is 18.2 Å². The lowest BCUT2D eigenvalue weighted by Crippen LogP contribution is -2.29. The Morgan fingerprint density at radius 3 is 2.47 bits per heavy atom. The first kappa shape index (κ1) is 14.2. The van der Waals surface area contributed by atoms with Crippen LogP contribution in [-0.2, 0) is 10.0 Å². The van der Waals surface area contributed by atoms with Crippen LogP contribution in [0.5, 0.6) is 0 Å². The van der Waals surface area contributed by atoms with Gasteiger partial charge in [0.2, 0.25) is 10.0 Å². The zero-order valence-corrected chi connectivity index (χ0v) is 11.1. The third kappa shape index (κ3) is 4.85. The van der Waals surface area contributed by atoms with Gasteiger partial charge in [-0.25, -0.2) is 13.1 Å². The molecule has 0 amide bonds. The first-order chi connectivity index (χ1) is 8.06. The summed E-state index contributed by atoms with van der Waals surface area (Å²) in [6.07, 6.45) is 0.952. The fourth-order valence-electron chi connectivity index (χ4n) is 1.43. The average molecular weight is 256 g/mol. The molecule has 0 saturated carbocycles. The number of hydrogen-bond donors (Lipinski definition) is 2. The van der Waals surface area contributed by atoms with Gasteiger partial charge in [-0.05, 0) is 38.1 Å². The quantitative estimate of drug-likeness (QED) is 0.771. The molecule has 1 aromatic carbocycles. The van der Waals surface area contributed by atoms with Crippen molar-refractivity contribution in [3.8, 4) is 0 Å². The average Bonchev–Trinajstić information content (AvgIpc) is 2.35. The maximum absolute atomic E-state index is 11.9. The molecule has 17 heavy (non-hydrogen) atoms. The normalized spacial score (nSPS) is 13.5. The summed E-state index contributed by atoms with van der Waals surface area (Å²) in [5, 5.41) is 3.05. The van der Waals surface area contributed by atoms with Gasteiger partial charge >= 0.3 is 0 Å². The second-order valence-electron chi connectivity index (χ2n) is 4.16. The largest absolute Gasteiger partial charge is 0.320 e. The Labute approximate surface area is 103 Å². The minimum Gasteiger partial charge on any atom is -0.320 e. The van der Waals surface area contributed by atoms with Crippen LogP contribution in [0.3, 0.4) is 0 Å². The van der Waals surface area contributed by atoms with Crippen molar-refractivity contribution in [1.29, 1.82) is 0 Å². The number of nitrogens with one attached hydrogen (secondary N) is 2. The predicted molar refractivity (Wildman–Crippen MR) is 69.3 cm³/mol. The molecule has 4 nitrogen and oxygen atoms in total. The van der Waals surface area contributed by atoms with Gasteiger partial charge in [-0.3, -0.25) is 0 Å². The summed E-state index contributed by atoms with van der Waals surface area (Å²) in [5.41, 5.74) is 0. The predicted octanol–water partition coefficient (Wildman–Crippen LogP) is 1.21. The van der Waals surface area contributed by atoms with Crippen molar-refractivity contribution in [3.05, 3.63) is 30.3 Å². The molecule has 0 spiro atoms. The summed E-state index contributed by atoms with van der Waals surface area (Å²) in [6, 6.07) is 8.44. The van der Waals surface area contributed by atoms with E-state index in [0.717, 1.165) is 13.0 Å². The highest BCUT2D eigenvalue weighted by atomic mass is 32.2. The molecule has 0 fully saturated rings. The first-order valence-corrected chi connectivity index (χ1v) is 7.24.